The quantitative estimate of drug-likeness (QED) is 0.790. The molecule has 1 saturated heterocycles. The predicted octanol–water partition coefficient (Wildman–Crippen LogP) is 4.46. The molecule has 3 aliphatic rings. The van der Waals surface area contributed by atoms with Crippen LogP contribution >= 0.6 is 0 Å². The standard InChI is InChI=1S/C22H30N2O5/c1-21(2,3)29-20(26)24-13-7-8-16(24)19(25)23-15-9-10-17-18(14-15)28-22(27-17)11-5-4-6-12-22/h9-10,14,16H,4-8,11-13H2,1-3H3,(H,23,25)/t16-/m0/s1. The molecule has 1 aliphatic carbocycles. The van der Waals surface area contributed by atoms with Gasteiger partial charge in [-0.25, -0.2) is 4.79 Å². The third kappa shape index (κ3) is 4.28. The first kappa shape index (κ1) is 19.9. The van der Waals surface area contributed by atoms with Crippen LogP contribution < -0.4 is 14.8 Å². The van der Waals surface area contributed by atoms with E-state index in [0.717, 1.165) is 37.9 Å². The van der Waals surface area contributed by atoms with E-state index in [2.05, 4.69) is 5.32 Å². The summed E-state index contributed by atoms with van der Waals surface area (Å²) in [5.41, 5.74) is 0.0499. The van der Waals surface area contributed by atoms with Crippen LogP contribution in [0.2, 0.25) is 0 Å². The molecule has 1 atom stereocenters. The minimum atomic E-state index is -0.590. The minimum absolute atomic E-state index is 0.209. The number of ether oxygens (including phenoxy) is 3. The van der Waals surface area contributed by atoms with Crippen LogP contribution in [0.15, 0.2) is 18.2 Å². The number of hydrogen-bond acceptors (Lipinski definition) is 5. The van der Waals surface area contributed by atoms with Crippen molar-refractivity contribution in [3.05, 3.63) is 18.2 Å². The van der Waals surface area contributed by atoms with Crippen molar-refractivity contribution in [2.24, 2.45) is 0 Å². The van der Waals surface area contributed by atoms with Gasteiger partial charge in [-0.3, -0.25) is 9.69 Å². The van der Waals surface area contributed by atoms with E-state index in [9.17, 15) is 9.59 Å². The van der Waals surface area contributed by atoms with Crippen molar-refractivity contribution in [3.8, 4) is 11.5 Å². The average molecular weight is 402 g/mol. The van der Waals surface area contributed by atoms with Gasteiger partial charge in [-0.05, 0) is 58.6 Å². The molecule has 7 nitrogen and oxygen atoms in total. The molecule has 1 N–H and O–H groups in total. The number of carbonyl (C=O) groups is 2. The topological polar surface area (TPSA) is 77.1 Å². The zero-order valence-electron chi connectivity index (χ0n) is 17.5. The number of benzene rings is 1. The van der Waals surface area contributed by atoms with Crippen LogP contribution in [0.1, 0.15) is 65.7 Å². The monoisotopic (exact) mass is 402 g/mol. The molecule has 1 spiro atoms. The molecule has 1 aromatic rings. The Morgan fingerprint density at radius 2 is 1.83 bits per heavy atom. The fourth-order valence-corrected chi connectivity index (χ4v) is 4.27. The lowest BCUT2D eigenvalue weighted by Gasteiger charge is -2.31. The summed E-state index contributed by atoms with van der Waals surface area (Å²) in [5, 5.41) is 2.93. The van der Waals surface area contributed by atoms with Crippen molar-refractivity contribution >= 4 is 17.7 Å². The maximum atomic E-state index is 12.9. The fraction of sp³-hybridized carbons (Fsp3) is 0.636. The van der Waals surface area contributed by atoms with Crippen LogP contribution in [0.3, 0.4) is 0 Å². The Morgan fingerprint density at radius 3 is 2.55 bits per heavy atom. The summed E-state index contributed by atoms with van der Waals surface area (Å²) in [6.07, 6.45) is 6.13. The number of hydrogen-bond donors (Lipinski definition) is 1. The lowest BCUT2D eigenvalue weighted by atomic mass is 9.94. The van der Waals surface area contributed by atoms with Crippen molar-refractivity contribution in [2.45, 2.75) is 83.1 Å². The van der Waals surface area contributed by atoms with Crippen molar-refractivity contribution < 1.29 is 23.8 Å². The van der Waals surface area contributed by atoms with Gasteiger partial charge >= 0.3 is 6.09 Å². The Bertz CT molecular complexity index is 795. The summed E-state index contributed by atoms with van der Waals surface area (Å²) in [7, 11) is 0. The summed E-state index contributed by atoms with van der Waals surface area (Å²) >= 11 is 0. The van der Waals surface area contributed by atoms with E-state index in [-0.39, 0.29) is 5.91 Å². The number of nitrogens with one attached hydrogen (secondary N) is 1. The van der Waals surface area contributed by atoms with Crippen LogP contribution in [-0.2, 0) is 9.53 Å². The summed E-state index contributed by atoms with van der Waals surface area (Å²) in [6.45, 7) is 5.99. The summed E-state index contributed by atoms with van der Waals surface area (Å²) in [6, 6.07) is 4.94. The lowest BCUT2D eigenvalue weighted by molar-refractivity contribution is -0.120. The molecular formula is C22H30N2O5. The highest BCUT2D eigenvalue weighted by Crippen LogP contribution is 2.46. The van der Waals surface area contributed by atoms with Gasteiger partial charge in [0.05, 0.1) is 0 Å². The van der Waals surface area contributed by atoms with E-state index < -0.39 is 23.5 Å². The fourth-order valence-electron chi connectivity index (χ4n) is 4.27. The van der Waals surface area contributed by atoms with Gasteiger partial charge in [-0.2, -0.15) is 0 Å². The normalized spacial score (nSPS) is 22.6. The number of rotatable bonds is 2. The van der Waals surface area contributed by atoms with Crippen molar-refractivity contribution in [3.63, 3.8) is 0 Å². The summed E-state index contributed by atoms with van der Waals surface area (Å²) in [5.74, 6) is 0.642. The van der Waals surface area contributed by atoms with E-state index in [1.54, 1.807) is 0 Å². The minimum Gasteiger partial charge on any atom is -0.448 e. The molecular weight excluding hydrogens is 372 g/mol. The molecule has 2 amide bonds. The molecule has 29 heavy (non-hydrogen) atoms. The number of nitrogens with zero attached hydrogens (tertiary/aromatic N) is 1. The van der Waals surface area contributed by atoms with Crippen LogP contribution in [0.4, 0.5) is 10.5 Å². The van der Waals surface area contributed by atoms with Crippen molar-refractivity contribution in [1.29, 1.82) is 0 Å². The van der Waals surface area contributed by atoms with Crippen LogP contribution in [0, 0.1) is 0 Å². The van der Waals surface area contributed by atoms with Gasteiger partial charge < -0.3 is 19.5 Å². The van der Waals surface area contributed by atoms with Crippen LogP contribution in [0.25, 0.3) is 0 Å². The van der Waals surface area contributed by atoms with Gasteiger partial charge in [-0.1, -0.05) is 6.42 Å². The van der Waals surface area contributed by atoms with Gasteiger partial charge in [0.2, 0.25) is 5.91 Å². The second-order valence-electron chi connectivity index (χ2n) is 9.16. The van der Waals surface area contributed by atoms with Gasteiger partial charge in [0.1, 0.15) is 11.6 Å². The van der Waals surface area contributed by atoms with Gasteiger partial charge in [-0.15, -0.1) is 0 Å². The Labute approximate surface area is 171 Å². The molecule has 158 valence electrons. The SMILES string of the molecule is CC(C)(C)OC(=O)N1CCC[C@H]1C(=O)Nc1ccc2c(c1)OC1(CCCCC1)O2. The number of fused-ring (bicyclic) bond motifs is 1. The maximum absolute atomic E-state index is 12.9. The van der Waals surface area contributed by atoms with E-state index in [0.29, 0.717) is 24.4 Å². The zero-order chi connectivity index (χ0) is 20.6. The molecule has 4 rings (SSSR count). The highest BCUT2D eigenvalue weighted by atomic mass is 16.7. The third-order valence-electron chi connectivity index (χ3n) is 5.60. The Hall–Kier alpha value is -2.44. The largest absolute Gasteiger partial charge is 0.448 e. The second-order valence-corrected chi connectivity index (χ2v) is 9.16. The number of likely N-dealkylation sites (tertiary alicyclic amines) is 1. The van der Waals surface area contributed by atoms with Gasteiger partial charge in [0, 0.05) is 31.1 Å². The second kappa shape index (κ2) is 7.43. The van der Waals surface area contributed by atoms with E-state index >= 15 is 0 Å². The average Bonchev–Trinajstić information content (AvgIpc) is 3.25. The highest BCUT2D eigenvalue weighted by molar-refractivity contribution is 5.97. The molecule has 1 aromatic carbocycles. The first-order chi connectivity index (χ1) is 13.7. The molecule has 2 fully saturated rings. The predicted molar refractivity (Wildman–Crippen MR) is 108 cm³/mol. The Balaban J connectivity index is 1.42. The smallest absolute Gasteiger partial charge is 0.410 e. The van der Waals surface area contributed by atoms with E-state index in [1.807, 2.05) is 39.0 Å². The van der Waals surface area contributed by atoms with Gasteiger partial charge in [0.25, 0.3) is 5.79 Å². The van der Waals surface area contributed by atoms with Crippen molar-refractivity contribution in [2.75, 3.05) is 11.9 Å². The number of amides is 2. The molecule has 0 aromatic heterocycles. The molecule has 0 unspecified atom stereocenters. The first-order valence-corrected chi connectivity index (χ1v) is 10.6. The first-order valence-electron chi connectivity index (χ1n) is 10.6. The van der Waals surface area contributed by atoms with Gasteiger partial charge in [0.15, 0.2) is 11.5 Å². The lowest BCUT2D eigenvalue weighted by Crippen LogP contribution is -2.45. The maximum Gasteiger partial charge on any atom is 0.410 e. The number of anilines is 1. The third-order valence-corrected chi connectivity index (χ3v) is 5.60. The summed E-state index contributed by atoms with van der Waals surface area (Å²) in [4.78, 5) is 26.8. The molecule has 2 heterocycles. The number of carbonyl (C=O) groups excluding carboxylic acids is 2. The molecule has 0 bridgehead atoms. The molecule has 1 saturated carbocycles. The van der Waals surface area contributed by atoms with Crippen LogP contribution in [-0.4, -0.2) is 40.9 Å². The van der Waals surface area contributed by atoms with E-state index in [4.69, 9.17) is 14.2 Å². The Morgan fingerprint density at radius 1 is 1.10 bits per heavy atom. The molecule has 2 aliphatic heterocycles. The van der Waals surface area contributed by atoms with E-state index in [1.165, 1.54) is 11.3 Å². The molecule has 0 radical (unpaired) electrons. The molecule has 7 heteroatoms. The van der Waals surface area contributed by atoms with Crippen LogP contribution in [0.5, 0.6) is 11.5 Å². The van der Waals surface area contributed by atoms with Crippen molar-refractivity contribution in [1.82, 2.24) is 4.90 Å². The highest BCUT2D eigenvalue weighted by Gasteiger charge is 2.42. The zero-order valence-corrected chi connectivity index (χ0v) is 17.5. The summed E-state index contributed by atoms with van der Waals surface area (Å²) < 4.78 is 17.7. The Kier molecular flexibility index (Phi) is 5.09.